The van der Waals surface area contributed by atoms with Crippen LogP contribution < -0.4 is 4.72 Å². The lowest BCUT2D eigenvalue weighted by Crippen LogP contribution is -2.26. The molecule has 0 atom stereocenters. The fourth-order valence-electron chi connectivity index (χ4n) is 2.36. The molecule has 0 unspecified atom stereocenters. The number of benzene rings is 2. The Morgan fingerprint density at radius 3 is 2.11 bits per heavy atom. The van der Waals surface area contributed by atoms with E-state index in [1.807, 2.05) is 6.92 Å². The molecule has 0 amide bonds. The van der Waals surface area contributed by atoms with Crippen molar-refractivity contribution in [3.63, 3.8) is 0 Å². The van der Waals surface area contributed by atoms with E-state index in [1.54, 1.807) is 18.2 Å². The highest BCUT2D eigenvalue weighted by Gasteiger charge is 2.21. The van der Waals surface area contributed by atoms with Gasteiger partial charge in [-0.25, -0.2) is 8.42 Å². The van der Waals surface area contributed by atoms with Gasteiger partial charge >= 0.3 is 0 Å². The first-order valence-corrected chi connectivity index (χ1v) is 11.0. The number of hydrogen-bond acceptors (Lipinski definition) is 5. The van der Waals surface area contributed by atoms with Crippen LogP contribution in [0.1, 0.15) is 5.56 Å². The molecule has 0 spiro atoms. The van der Waals surface area contributed by atoms with E-state index >= 15 is 0 Å². The first-order chi connectivity index (χ1) is 13.2. The van der Waals surface area contributed by atoms with E-state index in [0.29, 0.717) is 0 Å². The molecule has 7 nitrogen and oxygen atoms in total. The van der Waals surface area contributed by atoms with Crippen molar-refractivity contribution in [2.45, 2.75) is 16.7 Å². The van der Waals surface area contributed by atoms with E-state index in [0.717, 1.165) is 17.7 Å². The second-order valence-electron chi connectivity index (χ2n) is 5.98. The molecule has 0 bridgehead atoms. The van der Waals surface area contributed by atoms with Crippen LogP contribution in [0.25, 0.3) is 0 Å². The van der Waals surface area contributed by atoms with Crippen molar-refractivity contribution in [1.29, 1.82) is 0 Å². The van der Waals surface area contributed by atoms with Crippen LogP contribution >= 0.6 is 0 Å². The standard InChI is InChI=1S/C19H16N2O5S2/c1-14-7-10-17(11-8-14)27(23,24)20-15-9-12-19(22)18(13-15)21-28(25,26)16-5-3-2-4-6-16/h2-13,20H,1H3. The van der Waals surface area contributed by atoms with Gasteiger partial charge < -0.3 is 0 Å². The van der Waals surface area contributed by atoms with E-state index in [2.05, 4.69) is 9.12 Å². The summed E-state index contributed by atoms with van der Waals surface area (Å²) in [5, 5.41) is 0. The van der Waals surface area contributed by atoms with Crippen molar-refractivity contribution in [3.8, 4) is 0 Å². The number of aryl methyl sites for hydroxylation is 1. The fraction of sp³-hybridized carbons (Fsp3) is 0.0526. The fourth-order valence-corrected chi connectivity index (χ4v) is 4.42. The van der Waals surface area contributed by atoms with Gasteiger partial charge in [-0.2, -0.15) is 12.8 Å². The minimum Gasteiger partial charge on any atom is -0.288 e. The zero-order chi connectivity index (χ0) is 20.4. The highest BCUT2D eigenvalue weighted by molar-refractivity contribution is 7.90. The van der Waals surface area contributed by atoms with Crippen molar-refractivity contribution >= 4 is 31.5 Å². The topological polar surface area (TPSA) is 110 Å². The molecule has 2 aromatic carbocycles. The lowest BCUT2D eigenvalue weighted by atomic mass is 10.1. The average molecular weight is 416 g/mol. The molecule has 0 heterocycles. The predicted octanol–water partition coefficient (Wildman–Crippen LogP) is 2.13. The molecule has 0 aromatic heterocycles. The maximum Gasteiger partial charge on any atom is 0.282 e. The van der Waals surface area contributed by atoms with Crippen molar-refractivity contribution in [1.82, 2.24) is 4.72 Å². The van der Waals surface area contributed by atoms with Gasteiger partial charge in [-0.15, -0.1) is 0 Å². The van der Waals surface area contributed by atoms with Crippen LogP contribution in [-0.4, -0.2) is 28.3 Å². The molecular formula is C19H16N2O5S2. The van der Waals surface area contributed by atoms with Crippen LogP contribution in [0.2, 0.25) is 0 Å². The first kappa shape index (κ1) is 19.7. The lowest BCUT2D eigenvalue weighted by molar-refractivity contribution is -0.108. The molecule has 0 fully saturated rings. The van der Waals surface area contributed by atoms with Gasteiger partial charge in [-0.3, -0.25) is 9.52 Å². The van der Waals surface area contributed by atoms with E-state index in [4.69, 9.17) is 0 Å². The Labute approximate surface area is 163 Å². The maximum absolute atomic E-state index is 12.5. The Kier molecular flexibility index (Phi) is 5.30. The largest absolute Gasteiger partial charge is 0.288 e. The molecule has 2 aromatic rings. The average Bonchev–Trinajstić information content (AvgIpc) is 2.65. The highest BCUT2D eigenvalue weighted by Crippen LogP contribution is 2.16. The number of allylic oxidation sites excluding steroid dienone is 3. The Bertz CT molecular complexity index is 1210. The van der Waals surface area contributed by atoms with Crippen LogP contribution in [0.4, 0.5) is 0 Å². The normalized spacial score (nSPS) is 16.1. The van der Waals surface area contributed by atoms with Gasteiger partial charge in [0.1, 0.15) is 5.71 Å². The van der Waals surface area contributed by atoms with Crippen LogP contribution in [-0.2, 0) is 24.8 Å². The van der Waals surface area contributed by atoms with Crippen molar-refractivity contribution in [3.05, 3.63) is 84.1 Å². The number of ketones is 1. The van der Waals surface area contributed by atoms with Gasteiger partial charge in [0.05, 0.1) is 15.5 Å². The van der Waals surface area contributed by atoms with Gasteiger partial charge in [0.15, 0.2) is 0 Å². The summed E-state index contributed by atoms with van der Waals surface area (Å²) in [6, 6.07) is 13.6. The smallest absolute Gasteiger partial charge is 0.282 e. The number of nitrogens with zero attached hydrogens (tertiary/aromatic N) is 1. The zero-order valence-corrected chi connectivity index (χ0v) is 16.4. The number of carbonyl (C=O) groups excluding carboxylic acids is 1. The summed E-state index contributed by atoms with van der Waals surface area (Å²) in [7, 11) is -8.00. The van der Waals surface area contributed by atoms with Gasteiger partial charge in [0, 0.05) is 0 Å². The monoisotopic (exact) mass is 416 g/mol. The molecule has 28 heavy (non-hydrogen) atoms. The molecule has 0 saturated heterocycles. The summed E-state index contributed by atoms with van der Waals surface area (Å²) in [6.07, 6.45) is 3.41. The van der Waals surface area contributed by atoms with Gasteiger partial charge in [-0.05, 0) is 49.4 Å². The number of hydrogen-bond donors (Lipinski definition) is 1. The molecule has 0 aliphatic heterocycles. The summed E-state index contributed by atoms with van der Waals surface area (Å²) in [5.41, 5.74) is 0.553. The molecule has 144 valence electrons. The first-order valence-electron chi connectivity index (χ1n) is 8.11. The third-order valence-corrected chi connectivity index (χ3v) is 6.50. The van der Waals surface area contributed by atoms with Crippen LogP contribution in [0, 0.1) is 6.92 Å². The number of rotatable bonds is 5. The minimum absolute atomic E-state index is 0.0298. The van der Waals surface area contributed by atoms with Crippen molar-refractivity contribution in [2.75, 3.05) is 0 Å². The molecule has 3 rings (SSSR count). The Hall–Kier alpha value is -3.04. The third-order valence-electron chi connectivity index (χ3n) is 3.80. The molecule has 0 saturated carbocycles. The highest BCUT2D eigenvalue weighted by atomic mass is 32.2. The van der Waals surface area contributed by atoms with Gasteiger partial charge in [0.25, 0.3) is 20.0 Å². The van der Waals surface area contributed by atoms with Crippen LogP contribution in [0.15, 0.2) is 92.7 Å². The van der Waals surface area contributed by atoms with Crippen molar-refractivity contribution < 1.29 is 21.6 Å². The predicted molar refractivity (Wildman–Crippen MR) is 105 cm³/mol. The maximum atomic E-state index is 12.5. The molecule has 0 radical (unpaired) electrons. The molecule has 1 aliphatic carbocycles. The molecule has 1 aliphatic rings. The second-order valence-corrected chi connectivity index (χ2v) is 9.27. The summed E-state index contributed by atoms with van der Waals surface area (Å²) >= 11 is 0. The van der Waals surface area contributed by atoms with E-state index < -0.39 is 25.8 Å². The number of sulfonamides is 2. The third kappa shape index (κ3) is 4.44. The summed E-state index contributed by atoms with van der Waals surface area (Å²) in [5.74, 6) is -0.641. The zero-order valence-electron chi connectivity index (χ0n) is 14.7. The number of nitrogens with one attached hydrogen (secondary N) is 1. The number of carbonyl (C=O) groups is 1. The SMILES string of the molecule is Cc1ccc(S(=O)(=O)NC2=CC(=NS(=O)(=O)c3ccccc3)C(=O)C=C2)cc1. The van der Waals surface area contributed by atoms with E-state index in [-0.39, 0.29) is 21.2 Å². The van der Waals surface area contributed by atoms with Crippen LogP contribution in [0.5, 0.6) is 0 Å². The summed E-state index contributed by atoms with van der Waals surface area (Å²) in [4.78, 5) is 12.0. The minimum atomic E-state index is -4.11. The van der Waals surface area contributed by atoms with Crippen LogP contribution in [0.3, 0.4) is 0 Å². The Balaban J connectivity index is 1.92. The summed E-state index contributed by atoms with van der Waals surface area (Å²) in [6.45, 7) is 1.83. The molecular weight excluding hydrogens is 400 g/mol. The quantitative estimate of drug-likeness (QED) is 0.751. The van der Waals surface area contributed by atoms with E-state index in [9.17, 15) is 21.6 Å². The molecule has 1 N–H and O–H groups in total. The second kappa shape index (κ2) is 7.53. The van der Waals surface area contributed by atoms with Crippen molar-refractivity contribution in [2.24, 2.45) is 4.40 Å². The van der Waals surface area contributed by atoms with Gasteiger partial charge in [0.2, 0.25) is 5.78 Å². The van der Waals surface area contributed by atoms with Gasteiger partial charge in [-0.1, -0.05) is 35.9 Å². The summed E-state index contributed by atoms with van der Waals surface area (Å²) < 4.78 is 55.6. The van der Waals surface area contributed by atoms with E-state index in [1.165, 1.54) is 42.5 Å². The Morgan fingerprint density at radius 2 is 1.46 bits per heavy atom. The molecule has 9 heteroatoms. The lowest BCUT2D eigenvalue weighted by Gasteiger charge is -2.12. The Morgan fingerprint density at radius 1 is 0.821 bits per heavy atom.